The van der Waals surface area contributed by atoms with Crippen LogP contribution in [0, 0.1) is 5.92 Å². The maximum absolute atomic E-state index is 12.2. The van der Waals surface area contributed by atoms with Gasteiger partial charge in [-0.05, 0) is 12.8 Å². The molecule has 1 aliphatic carbocycles. The summed E-state index contributed by atoms with van der Waals surface area (Å²) in [5, 5.41) is 1.09. The van der Waals surface area contributed by atoms with Gasteiger partial charge in [-0.15, -0.1) is 11.3 Å². The average Bonchev–Trinajstić information content (AvgIpc) is 3.06. The molecule has 1 aliphatic rings. The van der Waals surface area contributed by atoms with Crippen molar-refractivity contribution in [1.29, 1.82) is 0 Å². The molecule has 0 spiro atoms. The first-order valence-corrected chi connectivity index (χ1v) is 8.47. The smallest absolute Gasteiger partial charge is 0.310 e. The number of esters is 1. The molecule has 2 atom stereocenters. The molecule has 0 aliphatic heterocycles. The van der Waals surface area contributed by atoms with Gasteiger partial charge in [-0.2, -0.15) is 0 Å². The predicted molar refractivity (Wildman–Crippen MR) is 71.0 cm³/mol. The summed E-state index contributed by atoms with van der Waals surface area (Å²) in [4.78, 5) is 15.6. The monoisotopic (exact) mass is 304 g/mol. The number of carbonyl (C=O) groups is 1. The largest absolute Gasteiger partial charge is 0.469 e. The molecule has 1 aromatic heterocycles. The van der Waals surface area contributed by atoms with Gasteiger partial charge in [0.05, 0.1) is 36.0 Å². The number of ether oxygens (including phenoxy) is 1. The van der Waals surface area contributed by atoms with Crippen LogP contribution < -0.4 is 4.72 Å². The molecule has 106 valence electrons. The number of hydrogen-bond donors (Lipinski definition) is 1. The number of carbonyl (C=O) groups excluding carboxylic acids is 1. The lowest BCUT2D eigenvalue weighted by atomic mass is 10.1. The third kappa shape index (κ3) is 3.31. The first-order chi connectivity index (χ1) is 9.04. The van der Waals surface area contributed by atoms with Gasteiger partial charge in [-0.25, -0.2) is 18.1 Å². The van der Waals surface area contributed by atoms with E-state index in [9.17, 15) is 13.2 Å². The molecular weight excluding hydrogens is 288 g/mol. The summed E-state index contributed by atoms with van der Waals surface area (Å²) in [5.41, 5.74) is 2.33. The third-order valence-electron chi connectivity index (χ3n) is 3.29. The Morgan fingerprint density at radius 2 is 2.37 bits per heavy atom. The quantitative estimate of drug-likeness (QED) is 0.817. The van der Waals surface area contributed by atoms with Crippen LogP contribution >= 0.6 is 11.3 Å². The lowest BCUT2D eigenvalue weighted by molar-refractivity contribution is -0.145. The van der Waals surface area contributed by atoms with Crippen LogP contribution in [0.2, 0.25) is 0 Å². The number of hydrogen-bond acceptors (Lipinski definition) is 6. The second-order valence-electron chi connectivity index (χ2n) is 4.44. The predicted octanol–water partition coefficient (Wildman–Crippen LogP) is 0.904. The van der Waals surface area contributed by atoms with E-state index in [1.165, 1.54) is 18.4 Å². The molecule has 0 amide bonds. The van der Waals surface area contributed by atoms with Crippen LogP contribution in [0.1, 0.15) is 25.0 Å². The maximum atomic E-state index is 12.2. The zero-order valence-corrected chi connectivity index (χ0v) is 12.2. The van der Waals surface area contributed by atoms with Crippen LogP contribution in [0.5, 0.6) is 0 Å². The van der Waals surface area contributed by atoms with Gasteiger partial charge in [-0.3, -0.25) is 4.79 Å². The van der Waals surface area contributed by atoms with Gasteiger partial charge >= 0.3 is 5.97 Å². The van der Waals surface area contributed by atoms with Crippen LogP contribution in [0.4, 0.5) is 0 Å². The maximum Gasteiger partial charge on any atom is 0.310 e. The molecule has 6 nitrogen and oxygen atoms in total. The first kappa shape index (κ1) is 14.4. The normalized spacial score (nSPS) is 23.4. The van der Waals surface area contributed by atoms with Crippen molar-refractivity contribution in [3.8, 4) is 0 Å². The van der Waals surface area contributed by atoms with Gasteiger partial charge in [0, 0.05) is 5.38 Å². The van der Waals surface area contributed by atoms with Crippen molar-refractivity contribution in [2.45, 2.75) is 31.1 Å². The van der Waals surface area contributed by atoms with Crippen LogP contribution in [0.25, 0.3) is 0 Å². The van der Waals surface area contributed by atoms with Crippen LogP contribution in [0.15, 0.2) is 10.9 Å². The Balaban J connectivity index is 2.04. The van der Waals surface area contributed by atoms with E-state index >= 15 is 0 Å². The fourth-order valence-electron chi connectivity index (χ4n) is 2.32. The molecule has 8 heteroatoms. The van der Waals surface area contributed by atoms with Crippen molar-refractivity contribution >= 4 is 27.3 Å². The lowest BCUT2D eigenvalue weighted by Gasteiger charge is -2.18. The van der Waals surface area contributed by atoms with E-state index in [1.54, 1.807) is 10.9 Å². The second kappa shape index (κ2) is 5.98. The second-order valence-corrected chi connectivity index (χ2v) is 7.15. The van der Waals surface area contributed by atoms with Crippen molar-refractivity contribution < 1.29 is 17.9 Å². The molecule has 0 saturated heterocycles. The van der Waals surface area contributed by atoms with Gasteiger partial charge in [0.1, 0.15) is 0 Å². The molecule has 2 rings (SSSR count). The van der Waals surface area contributed by atoms with Crippen molar-refractivity contribution in [2.75, 3.05) is 7.11 Å². The molecular formula is C11H16N2O4S2. The highest BCUT2D eigenvalue weighted by molar-refractivity contribution is 7.90. The number of thiazole rings is 1. The van der Waals surface area contributed by atoms with Gasteiger partial charge in [0.15, 0.2) is 0 Å². The average molecular weight is 304 g/mol. The number of nitrogens with one attached hydrogen (secondary N) is 1. The zero-order chi connectivity index (χ0) is 13.9. The van der Waals surface area contributed by atoms with E-state index in [0.29, 0.717) is 18.5 Å². The SMILES string of the molecule is COC(=O)C1CCCC1S(=O)(=O)NCc1cscn1. The van der Waals surface area contributed by atoms with E-state index in [-0.39, 0.29) is 6.54 Å². The molecule has 0 radical (unpaired) electrons. The van der Waals surface area contributed by atoms with Gasteiger partial charge in [0.25, 0.3) is 0 Å². The molecule has 1 heterocycles. The Morgan fingerprint density at radius 3 is 3.00 bits per heavy atom. The number of methoxy groups -OCH3 is 1. The Labute approximate surface area is 116 Å². The van der Waals surface area contributed by atoms with Crippen molar-refractivity contribution in [1.82, 2.24) is 9.71 Å². The van der Waals surface area contributed by atoms with Crippen LogP contribution in [-0.2, 0) is 26.1 Å². The fraction of sp³-hybridized carbons (Fsp3) is 0.636. The van der Waals surface area contributed by atoms with E-state index in [2.05, 4.69) is 14.4 Å². The highest BCUT2D eigenvalue weighted by Crippen LogP contribution is 2.31. The van der Waals surface area contributed by atoms with Crippen LogP contribution in [0.3, 0.4) is 0 Å². The first-order valence-electron chi connectivity index (χ1n) is 5.98. The molecule has 2 unspecified atom stereocenters. The highest BCUT2D eigenvalue weighted by atomic mass is 32.2. The van der Waals surface area contributed by atoms with Gasteiger partial charge in [-0.1, -0.05) is 6.42 Å². The van der Waals surface area contributed by atoms with E-state index in [4.69, 9.17) is 0 Å². The van der Waals surface area contributed by atoms with Gasteiger partial charge < -0.3 is 4.74 Å². The number of nitrogens with zero attached hydrogens (tertiary/aromatic N) is 1. The van der Waals surface area contributed by atoms with E-state index in [1.807, 2.05) is 0 Å². The third-order valence-corrected chi connectivity index (χ3v) is 5.84. The summed E-state index contributed by atoms with van der Waals surface area (Å²) in [6.45, 7) is 0.163. The van der Waals surface area contributed by atoms with Crippen molar-refractivity contribution in [3.63, 3.8) is 0 Å². The standard InChI is InChI=1S/C11H16N2O4S2/c1-17-11(14)9-3-2-4-10(9)19(15,16)13-5-8-6-18-7-12-8/h6-7,9-10,13H,2-5H2,1H3. The Morgan fingerprint density at radius 1 is 1.58 bits per heavy atom. The molecule has 1 saturated carbocycles. The number of aromatic nitrogens is 1. The number of rotatable bonds is 5. The van der Waals surface area contributed by atoms with Gasteiger partial charge in [0.2, 0.25) is 10.0 Å². The molecule has 0 aromatic carbocycles. The molecule has 1 aromatic rings. The summed E-state index contributed by atoms with van der Waals surface area (Å²) in [7, 11) is -2.24. The molecule has 0 bridgehead atoms. The summed E-state index contributed by atoms with van der Waals surface area (Å²) >= 11 is 1.41. The summed E-state index contributed by atoms with van der Waals surface area (Å²) in [5.74, 6) is -1.00. The topological polar surface area (TPSA) is 85.4 Å². The minimum Gasteiger partial charge on any atom is -0.469 e. The summed E-state index contributed by atoms with van der Waals surface area (Å²) in [6, 6.07) is 0. The van der Waals surface area contributed by atoms with E-state index in [0.717, 1.165) is 6.42 Å². The Hall–Kier alpha value is -0.990. The molecule has 1 N–H and O–H groups in total. The van der Waals surface area contributed by atoms with E-state index < -0.39 is 27.2 Å². The summed E-state index contributed by atoms with van der Waals surface area (Å²) < 4.78 is 31.6. The lowest BCUT2D eigenvalue weighted by Crippen LogP contribution is -2.39. The fourth-order valence-corrected chi connectivity index (χ4v) is 4.60. The highest BCUT2D eigenvalue weighted by Gasteiger charge is 2.42. The van der Waals surface area contributed by atoms with Crippen molar-refractivity contribution in [2.24, 2.45) is 5.92 Å². The molecule has 19 heavy (non-hydrogen) atoms. The Bertz CT molecular complexity index is 527. The molecule has 1 fully saturated rings. The Kier molecular flexibility index (Phi) is 4.54. The number of sulfonamides is 1. The zero-order valence-electron chi connectivity index (χ0n) is 10.5. The summed E-state index contributed by atoms with van der Waals surface area (Å²) in [6.07, 6.45) is 1.78. The minimum absolute atomic E-state index is 0.163. The minimum atomic E-state index is -3.53. The van der Waals surface area contributed by atoms with Crippen LogP contribution in [-0.4, -0.2) is 31.7 Å². The van der Waals surface area contributed by atoms with Crippen molar-refractivity contribution in [3.05, 3.63) is 16.6 Å².